The van der Waals surface area contributed by atoms with E-state index in [1.165, 1.54) is 7.11 Å². The molecule has 3 aromatic rings. The third-order valence-electron chi connectivity index (χ3n) is 5.78. The van der Waals surface area contributed by atoms with Crippen molar-refractivity contribution in [2.75, 3.05) is 7.11 Å². The van der Waals surface area contributed by atoms with Crippen LogP contribution >= 0.6 is 0 Å². The summed E-state index contributed by atoms with van der Waals surface area (Å²) in [6.45, 7) is 2.00. The number of benzene rings is 3. The molecule has 0 saturated carbocycles. The molecule has 6 nitrogen and oxygen atoms in total. The Morgan fingerprint density at radius 3 is 2.68 bits per heavy atom. The van der Waals surface area contributed by atoms with Crippen molar-refractivity contribution in [1.82, 2.24) is 5.01 Å². The molecule has 2 atom stereocenters. The number of aromatic hydroxyl groups is 1. The number of carbonyl (C=O) groups excluding carboxylic acids is 1. The number of carbonyl (C=O) groups is 1. The highest BCUT2D eigenvalue weighted by Gasteiger charge is 2.41. The number of phenols is 1. The standard InChI is InChI=1S/C25H22N2O4/c1-15-7-12-22(28)19(13-15)20-14-21-18-5-3-4-6-23(18)31-24(27(21)26-20)16-8-10-17(11-9-16)25(29)30-2/h3-13,21,24,28H,14H2,1-2H3/t21-,24+/m1/s1. The summed E-state index contributed by atoms with van der Waals surface area (Å²) in [6, 6.07) is 20.7. The number of para-hydroxylation sites is 1. The second-order valence-electron chi connectivity index (χ2n) is 7.79. The third-order valence-corrected chi connectivity index (χ3v) is 5.78. The number of hydrazone groups is 1. The fourth-order valence-electron chi connectivity index (χ4n) is 4.20. The van der Waals surface area contributed by atoms with Crippen molar-refractivity contribution in [3.05, 3.63) is 94.5 Å². The third kappa shape index (κ3) is 3.30. The van der Waals surface area contributed by atoms with Gasteiger partial charge in [0.1, 0.15) is 11.5 Å². The lowest BCUT2D eigenvalue weighted by atomic mass is 9.95. The van der Waals surface area contributed by atoms with Crippen LogP contribution in [0.4, 0.5) is 0 Å². The molecule has 0 fully saturated rings. The van der Waals surface area contributed by atoms with Crippen molar-refractivity contribution in [1.29, 1.82) is 0 Å². The highest BCUT2D eigenvalue weighted by atomic mass is 16.5. The largest absolute Gasteiger partial charge is 0.507 e. The van der Waals surface area contributed by atoms with Gasteiger partial charge in [-0.25, -0.2) is 9.80 Å². The molecule has 3 aromatic carbocycles. The Kier molecular flexibility index (Phi) is 4.62. The number of hydrogen-bond acceptors (Lipinski definition) is 6. The Balaban J connectivity index is 1.57. The summed E-state index contributed by atoms with van der Waals surface area (Å²) >= 11 is 0. The molecule has 2 heterocycles. The van der Waals surface area contributed by atoms with Gasteiger partial charge in [-0.15, -0.1) is 0 Å². The number of aryl methyl sites for hydroxylation is 1. The molecule has 0 saturated heterocycles. The molecule has 0 spiro atoms. The van der Waals surface area contributed by atoms with Gasteiger partial charge in [0.05, 0.1) is 24.4 Å². The van der Waals surface area contributed by atoms with Crippen molar-refractivity contribution in [3.8, 4) is 11.5 Å². The molecule has 2 aliphatic rings. The van der Waals surface area contributed by atoms with Gasteiger partial charge in [0.25, 0.3) is 0 Å². The van der Waals surface area contributed by atoms with Crippen LogP contribution in [-0.4, -0.2) is 28.9 Å². The van der Waals surface area contributed by atoms with Gasteiger partial charge in [-0.1, -0.05) is 42.0 Å². The van der Waals surface area contributed by atoms with Gasteiger partial charge in [-0.3, -0.25) is 0 Å². The Morgan fingerprint density at radius 2 is 1.90 bits per heavy atom. The van der Waals surface area contributed by atoms with E-state index in [1.54, 1.807) is 18.2 Å². The van der Waals surface area contributed by atoms with Crippen LogP contribution in [0.15, 0.2) is 71.8 Å². The van der Waals surface area contributed by atoms with Crippen molar-refractivity contribution in [3.63, 3.8) is 0 Å². The fourth-order valence-corrected chi connectivity index (χ4v) is 4.20. The predicted molar refractivity (Wildman–Crippen MR) is 116 cm³/mol. The lowest BCUT2D eigenvalue weighted by Crippen LogP contribution is -2.33. The van der Waals surface area contributed by atoms with Crippen LogP contribution in [0.3, 0.4) is 0 Å². The molecule has 0 amide bonds. The summed E-state index contributed by atoms with van der Waals surface area (Å²) in [5.74, 6) is 0.656. The van der Waals surface area contributed by atoms with Gasteiger partial charge in [-0.2, -0.15) is 5.10 Å². The number of esters is 1. The van der Waals surface area contributed by atoms with E-state index in [2.05, 4.69) is 6.07 Å². The number of nitrogens with zero attached hydrogens (tertiary/aromatic N) is 2. The Morgan fingerprint density at radius 1 is 1.13 bits per heavy atom. The zero-order valence-electron chi connectivity index (χ0n) is 17.3. The summed E-state index contributed by atoms with van der Waals surface area (Å²) in [5.41, 5.74) is 5.05. The van der Waals surface area contributed by atoms with E-state index < -0.39 is 6.23 Å². The summed E-state index contributed by atoms with van der Waals surface area (Å²) in [4.78, 5) is 11.8. The van der Waals surface area contributed by atoms with Gasteiger partial charge in [-0.05, 0) is 37.3 Å². The monoisotopic (exact) mass is 414 g/mol. The number of phenolic OH excluding ortho intramolecular Hbond substituents is 1. The molecule has 0 radical (unpaired) electrons. The van der Waals surface area contributed by atoms with E-state index in [1.807, 2.05) is 54.4 Å². The molecule has 0 bridgehead atoms. The molecule has 1 N–H and O–H groups in total. The number of ether oxygens (including phenoxy) is 2. The topological polar surface area (TPSA) is 71.4 Å². The van der Waals surface area contributed by atoms with Gasteiger partial charge < -0.3 is 14.6 Å². The summed E-state index contributed by atoms with van der Waals surface area (Å²) in [5, 5.41) is 17.3. The van der Waals surface area contributed by atoms with E-state index in [-0.39, 0.29) is 17.8 Å². The first-order valence-corrected chi connectivity index (χ1v) is 10.1. The summed E-state index contributed by atoms with van der Waals surface area (Å²) < 4.78 is 11.1. The van der Waals surface area contributed by atoms with E-state index in [0.29, 0.717) is 12.0 Å². The highest BCUT2D eigenvalue weighted by Crippen LogP contribution is 2.47. The SMILES string of the molecule is COC(=O)c1ccc([C@@H]2Oc3ccccc3[C@H]3CC(c4cc(C)ccc4O)=NN32)cc1. The normalized spacial score (nSPS) is 19.2. The Labute approximate surface area is 180 Å². The summed E-state index contributed by atoms with van der Waals surface area (Å²) in [7, 11) is 1.36. The van der Waals surface area contributed by atoms with Crippen molar-refractivity contribution >= 4 is 11.7 Å². The Bertz CT molecular complexity index is 1190. The van der Waals surface area contributed by atoms with Gasteiger partial charge in [0.15, 0.2) is 0 Å². The molecular formula is C25H22N2O4. The second-order valence-corrected chi connectivity index (χ2v) is 7.79. The van der Waals surface area contributed by atoms with Crippen molar-refractivity contribution in [2.24, 2.45) is 5.10 Å². The lowest BCUT2D eigenvalue weighted by Gasteiger charge is -2.38. The van der Waals surface area contributed by atoms with Crippen LogP contribution in [0.25, 0.3) is 0 Å². The van der Waals surface area contributed by atoms with Crippen LogP contribution in [0.2, 0.25) is 0 Å². The van der Waals surface area contributed by atoms with Crippen molar-refractivity contribution < 1.29 is 19.4 Å². The molecule has 5 rings (SSSR count). The molecule has 6 heteroatoms. The molecule has 0 unspecified atom stereocenters. The Hall–Kier alpha value is -3.80. The van der Waals surface area contributed by atoms with E-state index in [0.717, 1.165) is 33.7 Å². The molecule has 0 aliphatic carbocycles. The molecule has 2 aliphatic heterocycles. The average molecular weight is 414 g/mol. The quantitative estimate of drug-likeness (QED) is 0.628. The molecular weight excluding hydrogens is 392 g/mol. The number of hydrogen-bond donors (Lipinski definition) is 1. The molecule has 156 valence electrons. The maximum Gasteiger partial charge on any atom is 0.337 e. The average Bonchev–Trinajstić information content (AvgIpc) is 3.25. The van der Waals surface area contributed by atoms with E-state index in [9.17, 15) is 9.90 Å². The highest BCUT2D eigenvalue weighted by molar-refractivity contribution is 6.04. The maximum absolute atomic E-state index is 11.8. The molecule has 0 aromatic heterocycles. The number of fused-ring (bicyclic) bond motifs is 3. The van der Waals surface area contributed by atoms with Crippen LogP contribution < -0.4 is 4.74 Å². The first kappa shape index (κ1) is 19.2. The maximum atomic E-state index is 11.8. The number of rotatable bonds is 3. The second kappa shape index (κ2) is 7.47. The van der Waals surface area contributed by atoms with Crippen LogP contribution in [0.1, 0.15) is 51.3 Å². The fraction of sp³-hybridized carbons (Fsp3) is 0.200. The minimum atomic E-state index is -0.448. The lowest BCUT2D eigenvalue weighted by molar-refractivity contribution is -0.0190. The summed E-state index contributed by atoms with van der Waals surface area (Å²) in [6.07, 6.45) is 0.213. The molecule has 31 heavy (non-hydrogen) atoms. The van der Waals surface area contributed by atoms with Crippen LogP contribution in [-0.2, 0) is 4.74 Å². The van der Waals surface area contributed by atoms with Gasteiger partial charge in [0, 0.05) is 23.1 Å². The number of methoxy groups -OCH3 is 1. The first-order chi connectivity index (χ1) is 15.0. The minimum Gasteiger partial charge on any atom is -0.507 e. The van der Waals surface area contributed by atoms with Gasteiger partial charge in [0.2, 0.25) is 6.23 Å². The van der Waals surface area contributed by atoms with Gasteiger partial charge >= 0.3 is 5.97 Å². The zero-order chi connectivity index (χ0) is 21.5. The predicted octanol–water partition coefficient (Wildman–Crippen LogP) is 4.73. The minimum absolute atomic E-state index is 0.00912. The smallest absolute Gasteiger partial charge is 0.337 e. The van der Waals surface area contributed by atoms with Crippen molar-refractivity contribution in [2.45, 2.75) is 25.6 Å². The zero-order valence-corrected chi connectivity index (χ0v) is 17.3. The van der Waals surface area contributed by atoms with Crippen LogP contribution in [0.5, 0.6) is 11.5 Å². The van der Waals surface area contributed by atoms with E-state index in [4.69, 9.17) is 14.6 Å². The van der Waals surface area contributed by atoms with E-state index >= 15 is 0 Å². The van der Waals surface area contributed by atoms with Crippen LogP contribution in [0, 0.1) is 6.92 Å². The first-order valence-electron chi connectivity index (χ1n) is 10.1.